The highest BCUT2D eigenvalue weighted by Crippen LogP contribution is 2.21. The summed E-state index contributed by atoms with van der Waals surface area (Å²) in [5, 5.41) is 21.2. The predicted octanol–water partition coefficient (Wildman–Crippen LogP) is 1.64. The molecule has 1 aromatic carbocycles. The number of nitrogens with one attached hydrogen (secondary N) is 1. The zero-order valence-electron chi connectivity index (χ0n) is 10.8. The molecular formula is C13H17NO4S. The first kappa shape index (κ1) is 15.4. The lowest BCUT2D eigenvalue weighted by Gasteiger charge is -2.15. The molecule has 1 rings (SSSR count). The van der Waals surface area contributed by atoms with Crippen molar-refractivity contribution in [2.75, 3.05) is 12.0 Å². The Morgan fingerprint density at radius 1 is 1.42 bits per heavy atom. The first-order valence-corrected chi connectivity index (χ1v) is 7.18. The van der Waals surface area contributed by atoms with Crippen LogP contribution >= 0.6 is 11.8 Å². The summed E-state index contributed by atoms with van der Waals surface area (Å²) in [5.41, 5.74) is 0.666. The van der Waals surface area contributed by atoms with Gasteiger partial charge >= 0.3 is 5.97 Å². The number of rotatable bonds is 6. The normalized spacial score (nSPS) is 11.9. The number of carboxylic acid groups (broad SMARTS) is 1. The van der Waals surface area contributed by atoms with Crippen molar-refractivity contribution in [3.63, 3.8) is 0 Å². The van der Waals surface area contributed by atoms with E-state index in [0.717, 1.165) is 0 Å². The van der Waals surface area contributed by atoms with Crippen molar-refractivity contribution in [2.24, 2.45) is 0 Å². The summed E-state index contributed by atoms with van der Waals surface area (Å²) >= 11 is 1.51. The third kappa shape index (κ3) is 4.17. The van der Waals surface area contributed by atoms with Crippen LogP contribution in [0.5, 0.6) is 5.75 Å². The topological polar surface area (TPSA) is 86.6 Å². The van der Waals surface area contributed by atoms with E-state index < -0.39 is 17.9 Å². The van der Waals surface area contributed by atoms with Crippen molar-refractivity contribution in [1.82, 2.24) is 5.32 Å². The Hall–Kier alpha value is -1.69. The lowest BCUT2D eigenvalue weighted by atomic mass is 10.1. The predicted molar refractivity (Wildman–Crippen MR) is 74.7 cm³/mol. The van der Waals surface area contributed by atoms with Crippen LogP contribution in [0.1, 0.15) is 22.3 Å². The SMILES string of the molecule is CSCCC(NC(=O)c1cccc(C)c1O)C(=O)O. The van der Waals surface area contributed by atoms with Gasteiger partial charge in [-0.1, -0.05) is 12.1 Å². The third-order valence-corrected chi connectivity index (χ3v) is 3.34. The Bertz CT molecular complexity index is 476. The number of carbonyl (C=O) groups excluding carboxylic acids is 1. The largest absolute Gasteiger partial charge is 0.507 e. The van der Waals surface area contributed by atoms with Gasteiger partial charge in [-0.3, -0.25) is 4.79 Å². The van der Waals surface area contributed by atoms with Crippen LogP contribution in [0.15, 0.2) is 18.2 Å². The first-order valence-electron chi connectivity index (χ1n) is 5.78. The Morgan fingerprint density at radius 3 is 2.68 bits per heavy atom. The van der Waals surface area contributed by atoms with E-state index >= 15 is 0 Å². The molecule has 0 aliphatic heterocycles. The summed E-state index contributed by atoms with van der Waals surface area (Å²) in [6.45, 7) is 1.68. The monoisotopic (exact) mass is 283 g/mol. The molecule has 0 saturated carbocycles. The first-order chi connectivity index (χ1) is 8.97. The molecule has 0 radical (unpaired) electrons. The standard InChI is InChI=1S/C13H17NO4S/c1-8-4-3-5-9(11(8)15)12(16)14-10(13(17)18)6-7-19-2/h3-5,10,15H,6-7H2,1-2H3,(H,14,16)(H,17,18). The summed E-state index contributed by atoms with van der Waals surface area (Å²) in [5.74, 6) is -1.13. The molecule has 0 heterocycles. The average molecular weight is 283 g/mol. The number of phenols is 1. The molecule has 0 aliphatic carbocycles. The highest BCUT2D eigenvalue weighted by molar-refractivity contribution is 7.98. The Kier molecular flexibility index (Phi) is 5.69. The second-order valence-electron chi connectivity index (χ2n) is 4.12. The van der Waals surface area contributed by atoms with Crippen LogP contribution in [0.4, 0.5) is 0 Å². The van der Waals surface area contributed by atoms with Gasteiger partial charge in [0.2, 0.25) is 0 Å². The number of carboxylic acids is 1. The summed E-state index contributed by atoms with van der Waals surface area (Å²) in [6.07, 6.45) is 2.21. The molecule has 5 nitrogen and oxygen atoms in total. The van der Waals surface area contributed by atoms with Crippen molar-refractivity contribution in [1.29, 1.82) is 0 Å². The van der Waals surface area contributed by atoms with Crippen LogP contribution in [0.2, 0.25) is 0 Å². The van der Waals surface area contributed by atoms with E-state index in [-0.39, 0.29) is 11.3 Å². The molecule has 0 saturated heterocycles. The van der Waals surface area contributed by atoms with Crippen molar-refractivity contribution >= 4 is 23.6 Å². The summed E-state index contributed by atoms with van der Waals surface area (Å²) in [4.78, 5) is 23.0. The number of aliphatic carboxylic acids is 1. The fourth-order valence-electron chi connectivity index (χ4n) is 1.57. The fraction of sp³-hybridized carbons (Fsp3) is 0.385. The number of benzene rings is 1. The molecule has 1 unspecified atom stereocenters. The number of thioether (sulfide) groups is 1. The average Bonchev–Trinajstić information content (AvgIpc) is 2.37. The lowest BCUT2D eigenvalue weighted by Crippen LogP contribution is -2.41. The van der Waals surface area contributed by atoms with Crippen LogP contribution in [-0.2, 0) is 4.79 Å². The minimum Gasteiger partial charge on any atom is -0.507 e. The molecule has 0 aromatic heterocycles. The molecule has 0 bridgehead atoms. The molecule has 0 aliphatic rings. The molecule has 19 heavy (non-hydrogen) atoms. The number of phenolic OH excluding ortho intramolecular Hbond substituents is 1. The molecule has 3 N–H and O–H groups in total. The van der Waals surface area contributed by atoms with Gasteiger partial charge in [0.05, 0.1) is 5.56 Å². The van der Waals surface area contributed by atoms with Gasteiger partial charge in [-0.25, -0.2) is 4.79 Å². The minimum atomic E-state index is -1.07. The molecule has 0 fully saturated rings. The third-order valence-electron chi connectivity index (χ3n) is 2.70. The molecule has 1 aromatic rings. The number of hydrogen-bond donors (Lipinski definition) is 3. The maximum Gasteiger partial charge on any atom is 0.326 e. The van der Waals surface area contributed by atoms with Crippen molar-refractivity contribution in [3.8, 4) is 5.75 Å². The van der Waals surface area contributed by atoms with Gasteiger partial charge in [-0.2, -0.15) is 11.8 Å². The van der Waals surface area contributed by atoms with Crippen molar-refractivity contribution in [3.05, 3.63) is 29.3 Å². The van der Waals surface area contributed by atoms with Crippen LogP contribution in [0, 0.1) is 6.92 Å². The molecule has 0 spiro atoms. The molecule has 104 valence electrons. The smallest absolute Gasteiger partial charge is 0.326 e. The zero-order chi connectivity index (χ0) is 14.4. The van der Waals surface area contributed by atoms with Gasteiger partial charge < -0.3 is 15.5 Å². The summed E-state index contributed by atoms with van der Waals surface area (Å²) in [7, 11) is 0. The lowest BCUT2D eigenvalue weighted by molar-refractivity contribution is -0.139. The Balaban J connectivity index is 2.82. The maximum atomic E-state index is 12.0. The van der Waals surface area contributed by atoms with E-state index in [9.17, 15) is 14.7 Å². The van der Waals surface area contributed by atoms with E-state index in [1.54, 1.807) is 19.1 Å². The Labute approximate surface area is 116 Å². The maximum absolute atomic E-state index is 12.0. The number of hydrogen-bond acceptors (Lipinski definition) is 4. The molecule has 6 heteroatoms. The van der Waals surface area contributed by atoms with Crippen LogP contribution in [-0.4, -0.2) is 40.1 Å². The molecular weight excluding hydrogens is 266 g/mol. The highest BCUT2D eigenvalue weighted by Gasteiger charge is 2.21. The quantitative estimate of drug-likeness (QED) is 0.739. The van der Waals surface area contributed by atoms with Crippen molar-refractivity contribution < 1.29 is 19.8 Å². The Morgan fingerprint density at radius 2 is 2.11 bits per heavy atom. The molecule has 1 atom stereocenters. The van der Waals surface area contributed by atoms with E-state index in [0.29, 0.717) is 17.7 Å². The minimum absolute atomic E-state index is 0.0930. The zero-order valence-corrected chi connectivity index (χ0v) is 11.7. The van der Waals surface area contributed by atoms with Crippen molar-refractivity contribution in [2.45, 2.75) is 19.4 Å². The van der Waals surface area contributed by atoms with Gasteiger partial charge in [-0.15, -0.1) is 0 Å². The van der Waals surface area contributed by atoms with Crippen LogP contribution < -0.4 is 5.32 Å². The van der Waals surface area contributed by atoms with Crippen LogP contribution in [0.25, 0.3) is 0 Å². The number of amides is 1. The van der Waals surface area contributed by atoms with Gasteiger partial charge in [-0.05, 0) is 37.0 Å². The number of para-hydroxylation sites is 1. The summed E-state index contributed by atoms with van der Waals surface area (Å²) in [6, 6.07) is 3.83. The van der Waals surface area contributed by atoms with Gasteiger partial charge in [0.1, 0.15) is 11.8 Å². The van der Waals surface area contributed by atoms with Crippen LogP contribution in [0.3, 0.4) is 0 Å². The number of aryl methyl sites for hydroxylation is 1. The van der Waals surface area contributed by atoms with Gasteiger partial charge in [0.15, 0.2) is 0 Å². The second kappa shape index (κ2) is 7.04. The number of carbonyl (C=O) groups is 2. The second-order valence-corrected chi connectivity index (χ2v) is 5.10. The number of aromatic hydroxyl groups is 1. The van der Waals surface area contributed by atoms with E-state index in [1.807, 2.05) is 6.26 Å². The van der Waals surface area contributed by atoms with E-state index in [1.165, 1.54) is 17.8 Å². The highest BCUT2D eigenvalue weighted by atomic mass is 32.2. The molecule has 1 amide bonds. The summed E-state index contributed by atoms with van der Waals surface area (Å²) < 4.78 is 0. The van der Waals surface area contributed by atoms with Gasteiger partial charge in [0.25, 0.3) is 5.91 Å². The fourth-order valence-corrected chi connectivity index (χ4v) is 2.04. The van der Waals surface area contributed by atoms with E-state index in [2.05, 4.69) is 5.32 Å². The van der Waals surface area contributed by atoms with E-state index in [4.69, 9.17) is 5.11 Å². The van der Waals surface area contributed by atoms with Gasteiger partial charge in [0, 0.05) is 0 Å².